The minimum atomic E-state index is -0.358. The van der Waals surface area contributed by atoms with Gasteiger partial charge in [0.1, 0.15) is 0 Å². The summed E-state index contributed by atoms with van der Waals surface area (Å²) in [5.41, 5.74) is 3.98. The van der Waals surface area contributed by atoms with Crippen molar-refractivity contribution < 1.29 is 9.53 Å². The second kappa shape index (κ2) is 6.59. The number of thiocarbonyl (C=S) groups is 1. The molecule has 0 spiro atoms. The topological polar surface area (TPSA) is 62.7 Å². The number of esters is 1. The molecule has 0 aliphatic rings. The summed E-state index contributed by atoms with van der Waals surface area (Å²) in [6, 6.07) is 6.87. The number of ether oxygens (including phenoxy) is 1. The first-order chi connectivity index (χ1) is 8.17. The molecule has 0 aromatic heterocycles. The van der Waals surface area contributed by atoms with Crippen LogP contribution in [0.1, 0.15) is 15.9 Å². The molecule has 0 fully saturated rings. The largest absolute Gasteiger partial charge is 0.465 e. The number of hydrogen-bond donors (Lipinski definition) is 2. The van der Waals surface area contributed by atoms with E-state index in [1.165, 1.54) is 7.11 Å². The lowest BCUT2D eigenvalue weighted by Crippen LogP contribution is -2.28. The van der Waals surface area contributed by atoms with E-state index < -0.39 is 0 Å². The highest BCUT2D eigenvalue weighted by molar-refractivity contribution is 7.80. The zero-order chi connectivity index (χ0) is 12.7. The van der Waals surface area contributed by atoms with E-state index in [0.717, 1.165) is 5.56 Å². The lowest BCUT2D eigenvalue weighted by Gasteiger charge is -2.00. The van der Waals surface area contributed by atoms with Crippen LogP contribution >= 0.6 is 12.2 Å². The first-order valence-corrected chi connectivity index (χ1v) is 5.27. The fourth-order valence-electron chi connectivity index (χ4n) is 1.04. The molecule has 0 heterocycles. The molecule has 1 aromatic rings. The van der Waals surface area contributed by atoms with E-state index in [1.54, 1.807) is 37.5 Å². The van der Waals surface area contributed by atoms with Crippen LogP contribution in [0.3, 0.4) is 0 Å². The first-order valence-electron chi connectivity index (χ1n) is 4.86. The summed E-state index contributed by atoms with van der Waals surface area (Å²) in [6.07, 6.45) is 1.60. The summed E-state index contributed by atoms with van der Waals surface area (Å²) in [5.74, 6) is -0.358. The van der Waals surface area contributed by atoms with E-state index in [-0.39, 0.29) is 5.97 Å². The molecule has 1 rings (SSSR count). The zero-order valence-electron chi connectivity index (χ0n) is 9.56. The van der Waals surface area contributed by atoms with Crippen molar-refractivity contribution in [1.29, 1.82) is 0 Å². The number of carbonyl (C=O) groups excluding carboxylic acids is 1. The minimum Gasteiger partial charge on any atom is -0.465 e. The van der Waals surface area contributed by atoms with Crippen molar-refractivity contribution in [3.8, 4) is 0 Å². The average Bonchev–Trinajstić information content (AvgIpc) is 2.38. The van der Waals surface area contributed by atoms with E-state index in [9.17, 15) is 4.79 Å². The maximum atomic E-state index is 11.2. The molecule has 17 heavy (non-hydrogen) atoms. The van der Waals surface area contributed by atoms with E-state index in [2.05, 4.69) is 20.6 Å². The second-order valence-electron chi connectivity index (χ2n) is 3.06. The monoisotopic (exact) mass is 251 g/mol. The van der Waals surface area contributed by atoms with Crippen molar-refractivity contribution >= 4 is 29.5 Å². The molecular weight excluding hydrogens is 238 g/mol. The van der Waals surface area contributed by atoms with Gasteiger partial charge in [-0.15, -0.1) is 0 Å². The fourth-order valence-corrected chi connectivity index (χ4v) is 1.10. The van der Waals surface area contributed by atoms with Crippen LogP contribution in [0.2, 0.25) is 0 Å². The standard InChI is InChI=1S/C11H13N3O2S/c1-12-11(17)14-13-7-8-3-5-9(6-4-8)10(15)16-2/h3-7H,1-2H3,(H2,12,14,17). The SMILES string of the molecule is CNC(=S)NN=Cc1ccc(C(=O)OC)cc1. The predicted octanol–water partition coefficient (Wildman–Crippen LogP) is 0.901. The van der Waals surface area contributed by atoms with Crippen LogP contribution in [0.25, 0.3) is 0 Å². The minimum absolute atomic E-state index is 0.358. The molecule has 6 heteroatoms. The normalized spacial score (nSPS) is 10.0. The van der Waals surface area contributed by atoms with Gasteiger partial charge in [-0.2, -0.15) is 5.10 Å². The highest BCUT2D eigenvalue weighted by Crippen LogP contribution is 2.03. The number of carbonyl (C=O) groups is 1. The van der Waals surface area contributed by atoms with E-state index >= 15 is 0 Å². The van der Waals surface area contributed by atoms with E-state index in [1.807, 2.05) is 0 Å². The van der Waals surface area contributed by atoms with Gasteiger partial charge in [0.25, 0.3) is 0 Å². The van der Waals surface area contributed by atoms with Crippen molar-refractivity contribution in [2.75, 3.05) is 14.2 Å². The molecule has 90 valence electrons. The Labute approximate surface area is 105 Å². The van der Waals surface area contributed by atoms with Crippen LogP contribution in [0.15, 0.2) is 29.4 Å². The van der Waals surface area contributed by atoms with Gasteiger partial charge in [-0.3, -0.25) is 5.43 Å². The zero-order valence-corrected chi connectivity index (χ0v) is 10.4. The molecular formula is C11H13N3O2S. The van der Waals surface area contributed by atoms with Gasteiger partial charge in [-0.1, -0.05) is 12.1 Å². The molecule has 5 nitrogen and oxygen atoms in total. The van der Waals surface area contributed by atoms with Crippen molar-refractivity contribution in [3.63, 3.8) is 0 Å². The van der Waals surface area contributed by atoms with E-state index in [4.69, 9.17) is 12.2 Å². The Bertz CT molecular complexity index is 429. The summed E-state index contributed by atoms with van der Waals surface area (Å²) >= 11 is 4.84. The van der Waals surface area contributed by atoms with Gasteiger partial charge in [-0.05, 0) is 29.9 Å². The Balaban J connectivity index is 2.62. The maximum absolute atomic E-state index is 11.2. The Kier molecular flexibility index (Phi) is 5.09. The highest BCUT2D eigenvalue weighted by Gasteiger charge is 2.03. The van der Waals surface area contributed by atoms with E-state index in [0.29, 0.717) is 10.7 Å². The Morgan fingerprint density at radius 2 is 2.06 bits per heavy atom. The quantitative estimate of drug-likeness (QED) is 0.362. The number of hydrogen-bond acceptors (Lipinski definition) is 4. The molecule has 0 saturated heterocycles. The number of hydrazone groups is 1. The van der Waals surface area contributed by atoms with Crippen molar-refractivity contribution in [2.45, 2.75) is 0 Å². The van der Waals surface area contributed by atoms with Gasteiger partial charge in [0.2, 0.25) is 0 Å². The van der Waals surface area contributed by atoms with Gasteiger partial charge in [0.05, 0.1) is 18.9 Å². The highest BCUT2D eigenvalue weighted by atomic mass is 32.1. The third kappa shape index (κ3) is 4.20. The summed E-state index contributed by atoms with van der Waals surface area (Å²) in [6.45, 7) is 0. The van der Waals surface area contributed by atoms with Crippen LogP contribution < -0.4 is 10.7 Å². The molecule has 0 amide bonds. The molecule has 0 radical (unpaired) electrons. The molecule has 0 bridgehead atoms. The molecule has 0 unspecified atom stereocenters. The van der Waals surface area contributed by atoms with Gasteiger partial charge in [-0.25, -0.2) is 4.79 Å². The number of benzene rings is 1. The summed E-state index contributed by atoms with van der Waals surface area (Å²) < 4.78 is 4.59. The predicted molar refractivity (Wildman–Crippen MR) is 70.2 cm³/mol. The van der Waals surface area contributed by atoms with Crippen LogP contribution in [-0.4, -0.2) is 31.5 Å². The molecule has 0 saturated carbocycles. The molecule has 0 aliphatic heterocycles. The summed E-state index contributed by atoms with van der Waals surface area (Å²) in [4.78, 5) is 11.2. The van der Waals surface area contributed by atoms with Crippen molar-refractivity contribution in [3.05, 3.63) is 35.4 Å². The molecule has 2 N–H and O–H groups in total. The maximum Gasteiger partial charge on any atom is 0.337 e. The fraction of sp³-hybridized carbons (Fsp3) is 0.182. The lowest BCUT2D eigenvalue weighted by atomic mass is 10.1. The Morgan fingerprint density at radius 1 is 1.41 bits per heavy atom. The third-order valence-corrected chi connectivity index (χ3v) is 2.23. The number of nitrogens with one attached hydrogen (secondary N) is 2. The summed E-state index contributed by atoms with van der Waals surface area (Å²) in [5, 5.41) is 7.08. The van der Waals surface area contributed by atoms with Crippen molar-refractivity contribution in [1.82, 2.24) is 10.7 Å². The van der Waals surface area contributed by atoms with Crippen LogP contribution in [0, 0.1) is 0 Å². The Morgan fingerprint density at radius 3 is 2.59 bits per heavy atom. The lowest BCUT2D eigenvalue weighted by molar-refractivity contribution is 0.0601. The molecule has 1 aromatic carbocycles. The van der Waals surface area contributed by atoms with Crippen LogP contribution in [-0.2, 0) is 4.74 Å². The number of methoxy groups -OCH3 is 1. The molecule has 0 atom stereocenters. The third-order valence-electron chi connectivity index (χ3n) is 1.94. The van der Waals surface area contributed by atoms with Gasteiger partial charge < -0.3 is 10.1 Å². The van der Waals surface area contributed by atoms with Gasteiger partial charge in [0, 0.05) is 7.05 Å². The Hall–Kier alpha value is -1.95. The number of nitrogens with zero attached hydrogens (tertiary/aromatic N) is 1. The summed E-state index contributed by atoms with van der Waals surface area (Å²) in [7, 11) is 3.05. The second-order valence-corrected chi connectivity index (χ2v) is 3.47. The number of rotatable bonds is 3. The van der Waals surface area contributed by atoms with Crippen LogP contribution in [0.5, 0.6) is 0 Å². The van der Waals surface area contributed by atoms with Crippen molar-refractivity contribution in [2.24, 2.45) is 5.10 Å². The smallest absolute Gasteiger partial charge is 0.337 e. The van der Waals surface area contributed by atoms with Gasteiger partial charge in [0.15, 0.2) is 5.11 Å². The first kappa shape index (κ1) is 13.1. The van der Waals surface area contributed by atoms with Gasteiger partial charge >= 0.3 is 5.97 Å². The average molecular weight is 251 g/mol. The molecule has 0 aliphatic carbocycles. The van der Waals surface area contributed by atoms with Crippen LogP contribution in [0.4, 0.5) is 0 Å².